The maximum atomic E-state index is 11.0. The van der Waals surface area contributed by atoms with Crippen LogP contribution in [-0.4, -0.2) is 0 Å². The molecule has 0 N–H and O–H groups in total. The average Bonchev–Trinajstić information content (AvgIpc) is 2.33. The summed E-state index contributed by atoms with van der Waals surface area (Å²) in [4.78, 5) is 0. The van der Waals surface area contributed by atoms with Crippen LogP contribution in [0.15, 0.2) is 11.8 Å². The molecule has 0 unspecified atom stereocenters. The van der Waals surface area contributed by atoms with Crippen LogP contribution in [0, 0.1) is 12.8 Å². The van der Waals surface area contributed by atoms with Gasteiger partial charge in [-0.15, -0.1) is 5.76 Å². The van der Waals surface area contributed by atoms with Gasteiger partial charge in [0.25, 0.3) is 0 Å². The fourth-order valence-corrected chi connectivity index (χ4v) is 1.46. The molecule has 13 heavy (non-hydrogen) atoms. The van der Waals surface area contributed by atoms with Gasteiger partial charge in [-0.05, 0) is 25.2 Å². The molecule has 0 saturated carbocycles. The van der Waals surface area contributed by atoms with Crippen LogP contribution in [0.2, 0.25) is 0 Å². The van der Waals surface area contributed by atoms with Crippen molar-refractivity contribution in [2.45, 2.75) is 46.0 Å². The molecular formula is C11H20OZn-. The summed E-state index contributed by atoms with van der Waals surface area (Å²) in [5.74, 6) is 0.944. The van der Waals surface area contributed by atoms with Crippen molar-refractivity contribution in [2.24, 2.45) is 5.92 Å². The van der Waals surface area contributed by atoms with Gasteiger partial charge in [0.05, 0.1) is 0 Å². The Morgan fingerprint density at radius 2 is 2.08 bits per heavy atom. The monoisotopic (exact) mass is 232 g/mol. The van der Waals surface area contributed by atoms with E-state index in [0.717, 1.165) is 19.3 Å². The zero-order valence-corrected chi connectivity index (χ0v) is 12.0. The smallest absolute Gasteiger partial charge is 0 e. The average molecular weight is 234 g/mol. The van der Waals surface area contributed by atoms with E-state index >= 15 is 0 Å². The van der Waals surface area contributed by atoms with E-state index < -0.39 is 0 Å². The molecule has 1 atom stereocenters. The van der Waals surface area contributed by atoms with E-state index in [0.29, 0.717) is 11.7 Å². The van der Waals surface area contributed by atoms with Gasteiger partial charge in [0.15, 0.2) is 0 Å². The van der Waals surface area contributed by atoms with Gasteiger partial charge in [-0.25, -0.2) is 0 Å². The molecular weight excluding hydrogens is 214 g/mol. The van der Waals surface area contributed by atoms with Crippen molar-refractivity contribution < 1.29 is 24.6 Å². The van der Waals surface area contributed by atoms with Gasteiger partial charge in [-0.2, -0.15) is 0 Å². The third-order valence-corrected chi connectivity index (χ3v) is 2.19. The Hall–Kier alpha value is 0.163. The number of rotatable bonds is 1. The first-order valence-corrected chi connectivity index (χ1v) is 4.91. The van der Waals surface area contributed by atoms with Crippen molar-refractivity contribution >= 4 is 0 Å². The Kier molecular flexibility index (Phi) is 12.3. The van der Waals surface area contributed by atoms with Gasteiger partial charge < -0.3 is 5.11 Å². The molecule has 0 bridgehead atoms. The number of hydrogen-bond acceptors (Lipinski definition) is 1. The van der Waals surface area contributed by atoms with Crippen LogP contribution in [-0.2, 0) is 19.5 Å². The quantitative estimate of drug-likeness (QED) is 0.639. The predicted molar refractivity (Wildman–Crippen MR) is 51.4 cm³/mol. The molecule has 0 aromatic rings. The molecule has 1 aliphatic carbocycles. The van der Waals surface area contributed by atoms with Crippen LogP contribution in [0.1, 0.15) is 46.0 Å². The minimum atomic E-state index is 0. The van der Waals surface area contributed by atoms with Crippen molar-refractivity contribution in [3.63, 3.8) is 0 Å². The zero-order chi connectivity index (χ0) is 9.40. The summed E-state index contributed by atoms with van der Waals surface area (Å²) >= 11 is 0. The maximum Gasteiger partial charge on any atom is 0 e. The van der Waals surface area contributed by atoms with E-state index in [1.807, 2.05) is 6.08 Å². The normalized spacial score (nSPS) is 21.5. The van der Waals surface area contributed by atoms with E-state index in [-0.39, 0.29) is 19.5 Å². The van der Waals surface area contributed by atoms with E-state index in [2.05, 4.69) is 13.8 Å². The number of allylic oxidation sites excluding steroid dienone is 2. The summed E-state index contributed by atoms with van der Waals surface area (Å²) in [7, 11) is 0. The standard InChI is InChI=1S/C9H16O.C2H5.Zn/c1-2-8-5-3-4-6-9(10)7-8;1-2;/h7-8,10H,2-6H2,1H3;1H2,2H3;/p-1/t8-;;/m1../s1. The van der Waals surface area contributed by atoms with E-state index in [1.54, 1.807) is 6.92 Å². The number of hydrogen-bond donors (Lipinski definition) is 0. The predicted octanol–water partition coefficient (Wildman–Crippen LogP) is 2.67. The van der Waals surface area contributed by atoms with Gasteiger partial charge in [-0.1, -0.05) is 39.7 Å². The van der Waals surface area contributed by atoms with Gasteiger partial charge in [-0.3, -0.25) is 0 Å². The summed E-state index contributed by atoms with van der Waals surface area (Å²) in [6.45, 7) is 7.15. The molecule has 1 nitrogen and oxygen atoms in total. The van der Waals surface area contributed by atoms with Crippen LogP contribution >= 0.6 is 0 Å². The van der Waals surface area contributed by atoms with Crippen molar-refractivity contribution in [3.8, 4) is 0 Å². The summed E-state index contributed by atoms with van der Waals surface area (Å²) in [5.41, 5.74) is 0. The van der Waals surface area contributed by atoms with Gasteiger partial charge in [0.2, 0.25) is 0 Å². The van der Waals surface area contributed by atoms with E-state index in [1.165, 1.54) is 12.8 Å². The molecule has 0 aromatic carbocycles. The molecule has 0 fully saturated rings. The van der Waals surface area contributed by atoms with Crippen molar-refractivity contribution in [1.29, 1.82) is 0 Å². The second-order valence-corrected chi connectivity index (χ2v) is 3.05. The molecule has 0 aliphatic heterocycles. The molecule has 0 amide bonds. The van der Waals surface area contributed by atoms with Gasteiger partial charge in [0.1, 0.15) is 0 Å². The van der Waals surface area contributed by atoms with Crippen LogP contribution in [0.4, 0.5) is 0 Å². The van der Waals surface area contributed by atoms with Crippen molar-refractivity contribution in [1.82, 2.24) is 0 Å². The molecule has 73 valence electrons. The molecule has 2 heteroatoms. The van der Waals surface area contributed by atoms with Crippen molar-refractivity contribution in [3.05, 3.63) is 18.8 Å². The topological polar surface area (TPSA) is 23.1 Å². The Bertz CT molecular complexity index is 132. The van der Waals surface area contributed by atoms with Crippen LogP contribution in [0.5, 0.6) is 0 Å². The Morgan fingerprint density at radius 1 is 1.46 bits per heavy atom. The van der Waals surface area contributed by atoms with Gasteiger partial charge in [0, 0.05) is 19.5 Å². The largest absolute Gasteiger partial charge is 0.876 e. The minimum Gasteiger partial charge on any atom is -0.876 e. The first-order valence-electron chi connectivity index (χ1n) is 4.91. The fourth-order valence-electron chi connectivity index (χ4n) is 1.46. The Balaban J connectivity index is 0. The SMILES string of the molecule is CC[C@H]1C=C([O-])CCCC1.[CH2]C.[Zn]. The Labute approximate surface area is 95.4 Å². The fraction of sp³-hybridized carbons (Fsp3) is 0.727. The molecule has 0 saturated heterocycles. The molecule has 0 aromatic heterocycles. The van der Waals surface area contributed by atoms with E-state index in [9.17, 15) is 5.11 Å². The molecule has 0 spiro atoms. The van der Waals surface area contributed by atoms with Gasteiger partial charge >= 0.3 is 0 Å². The first kappa shape index (κ1) is 15.6. The Morgan fingerprint density at radius 3 is 2.62 bits per heavy atom. The summed E-state index contributed by atoms with van der Waals surface area (Å²) < 4.78 is 0. The van der Waals surface area contributed by atoms with E-state index in [4.69, 9.17) is 0 Å². The van der Waals surface area contributed by atoms with Crippen LogP contribution < -0.4 is 5.11 Å². The maximum absolute atomic E-state index is 11.0. The zero-order valence-electron chi connectivity index (χ0n) is 9.01. The third kappa shape index (κ3) is 7.25. The van der Waals surface area contributed by atoms with Crippen LogP contribution in [0.25, 0.3) is 0 Å². The molecule has 1 radical (unpaired) electrons. The molecule has 1 aliphatic rings. The first-order chi connectivity index (χ1) is 5.83. The summed E-state index contributed by atoms with van der Waals surface area (Å²) in [5, 5.41) is 11.0. The molecule has 0 heterocycles. The minimum absolute atomic E-state index is 0. The third-order valence-electron chi connectivity index (χ3n) is 2.19. The second-order valence-electron chi connectivity index (χ2n) is 3.05. The van der Waals surface area contributed by atoms with Crippen LogP contribution in [0.3, 0.4) is 0 Å². The summed E-state index contributed by atoms with van der Waals surface area (Å²) in [6, 6.07) is 0. The summed E-state index contributed by atoms with van der Waals surface area (Å²) in [6.07, 6.45) is 7.41. The molecule has 1 rings (SSSR count). The van der Waals surface area contributed by atoms with Crippen molar-refractivity contribution in [2.75, 3.05) is 0 Å². The second kappa shape index (κ2) is 10.2.